The van der Waals surface area contributed by atoms with Crippen LogP contribution in [0, 0.1) is 17.3 Å². The van der Waals surface area contributed by atoms with E-state index < -0.39 is 66.0 Å². The van der Waals surface area contributed by atoms with Gasteiger partial charge in [-0.3, -0.25) is 4.79 Å². The van der Waals surface area contributed by atoms with Gasteiger partial charge in [-0.1, -0.05) is 58.0 Å². The third kappa shape index (κ3) is 4.46. The standard InChI is InChI=1S/C24H34N2O6/c1-14(19(31-6)18-12-17(24(3,4)5)13-25(18)22(28)29)21(27)26-15(2)20(32-23(26)30)16-10-8-7-9-11-16/h7-11,14-15,17-20H,12-13H2,1-6H3,(H,28,29)/t14-,15-,17?,18+,19-,20-/m1/s1/i12D2,18D. The number of rotatable bonds is 5. The van der Waals surface area contributed by atoms with Crippen LogP contribution in [-0.2, 0) is 14.3 Å². The molecular weight excluding hydrogens is 412 g/mol. The Kier molecular flexibility index (Phi) is 5.69. The number of amides is 3. The number of methoxy groups -OCH3 is 1. The smallest absolute Gasteiger partial charge is 0.417 e. The highest BCUT2D eigenvalue weighted by molar-refractivity contribution is 5.95. The lowest BCUT2D eigenvalue weighted by Crippen LogP contribution is -2.51. The number of likely N-dealkylation sites (tertiary alicyclic amines) is 1. The molecule has 2 aliphatic heterocycles. The molecule has 176 valence electrons. The van der Waals surface area contributed by atoms with Gasteiger partial charge < -0.3 is 19.5 Å². The van der Waals surface area contributed by atoms with Crippen LogP contribution in [0.3, 0.4) is 0 Å². The van der Waals surface area contributed by atoms with Gasteiger partial charge in [0.15, 0.2) is 0 Å². The van der Waals surface area contributed by atoms with Gasteiger partial charge in [-0.2, -0.15) is 0 Å². The van der Waals surface area contributed by atoms with E-state index in [0.717, 1.165) is 9.80 Å². The van der Waals surface area contributed by atoms with Crippen LogP contribution in [0.4, 0.5) is 9.59 Å². The summed E-state index contributed by atoms with van der Waals surface area (Å²) >= 11 is 0. The highest BCUT2D eigenvalue weighted by Crippen LogP contribution is 2.40. The molecule has 6 atom stereocenters. The van der Waals surface area contributed by atoms with Crippen molar-refractivity contribution < 1.29 is 33.1 Å². The van der Waals surface area contributed by atoms with Gasteiger partial charge in [0.2, 0.25) is 5.91 Å². The molecule has 2 aliphatic rings. The fraction of sp³-hybridized carbons (Fsp3) is 0.625. The first kappa shape index (κ1) is 20.0. The van der Waals surface area contributed by atoms with E-state index in [1.807, 2.05) is 6.07 Å². The Hall–Kier alpha value is -2.61. The van der Waals surface area contributed by atoms with Crippen molar-refractivity contribution in [3.05, 3.63) is 35.9 Å². The van der Waals surface area contributed by atoms with Gasteiger partial charge in [0.1, 0.15) is 6.10 Å². The number of carbonyl (C=O) groups excluding carboxylic acids is 2. The zero-order valence-corrected chi connectivity index (χ0v) is 19.4. The first-order valence-electron chi connectivity index (χ1n) is 12.2. The van der Waals surface area contributed by atoms with Crippen molar-refractivity contribution in [3.8, 4) is 0 Å². The number of carboxylic acid groups (broad SMARTS) is 1. The number of ether oxygens (including phenoxy) is 2. The largest absolute Gasteiger partial charge is 0.465 e. The van der Waals surface area contributed by atoms with E-state index in [-0.39, 0.29) is 6.54 Å². The van der Waals surface area contributed by atoms with Crippen molar-refractivity contribution in [3.63, 3.8) is 0 Å². The Balaban J connectivity index is 1.97. The summed E-state index contributed by atoms with van der Waals surface area (Å²) in [4.78, 5) is 40.1. The zero-order chi connectivity index (χ0) is 26.5. The third-order valence-electron chi connectivity index (χ3n) is 6.26. The van der Waals surface area contributed by atoms with E-state index >= 15 is 0 Å². The van der Waals surface area contributed by atoms with Gasteiger partial charge in [-0.05, 0) is 30.2 Å². The van der Waals surface area contributed by atoms with Gasteiger partial charge in [-0.25, -0.2) is 14.5 Å². The minimum absolute atomic E-state index is 0.228. The fourth-order valence-corrected chi connectivity index (χ4v) is 4.24. The molecule has 0 aliphatic carbocycles. The molecule has 2 heterocycles. The predicted molar refractivity (Wildman–Crippen MR) is 118 cm³/mol. The number of carbonyl (C=O) groups is 3. The molecule has 2 saturated heterocycles. The van der Waals surface area contributed by atoms with Crippen molar-refractivity contribution in [1.82, 2.24) is 9.80 Å². The topological polar surface area (TPSA) is 96.4 Å². The van der Waals surface area contributed by atoms with E-state index in [1.54, 1.807) is 52.0 Å². The lowest BCUT2D eigenvalue weighted by Gasteiger charge is -2.33. The highest BCUT2D eigenvalue weighted by Gasteiger charge is 2.50. The maximum Gasteiger partial charge on any atom is 0.417 e. The minimum atomic E-state index is -2.44. The van der Waals surface area contributed by atoms with Gasteiger partial charge >= 0.3 is 12.2 Å². The van der Waals surface area contributed by atoms with E-state index in [2.05, 4.69) is 0 Å². The Morgan fingerprint density at radius 2 is 1.94 bits per heavy atom. The molecule has 32 heavy (non-hydrogen) atoms. The minimum Gasteiger partial charge on any atom is -0.465 e. The molecule has 3 rings (SSSR count). The fourth-order valence-electron chi connectivity index (χ4n) is 4.24. The summed E-state index contributed by atoms with van der Waals surface area (Å²) in [6.45, 7) is 8.20. The molecule has 3 amide bonds. The van der Waals surface area contributed by atoms with Crippen LogP contribution in [0.2, 0.25) is 0 Å². The van der Waals surface area contributed by atoms with Crippen LogP contribution in [0.25, 0.3) is 0 Å². The third-order valence-corrected chi connectivity index (χ3v) is 6.26. The second-order valence-corrected chi connectivity index (χ2v) is 9.45. The van der Waals surface area contributed by atoms with Crippen molar-refractivity contribution >= 4 is 18.1 Å². The molecule has 1 unspecified atom stereocenters. The second-order valence-electron chi connectivity index (χ2n) is 9.45. The summed E-state index contributed by atoms with van der Waals surface area (Å²) in [6, 6.07) is 5.87. The van der Waals surface area contributed by atoms with E-state index in [9.17, 15) is 19.5 Å². The van der Waals surface area contributed by atoms with Gasteiger partial charge in [0.05, 0.1) is 25.5 Å². The van der Waals surface area contributed by atoms with E-state index in [4.69, 9.17) is 13.6 Å². The van der Waals surface area contributed by atoms with Crippen LogP contribution in [0.1, 0.15) is 56.8 Å². The molecule has 1 aromatic carbocycles. The van der Waals surface area contributed by atoms with Crippen molar-refractivity contribution in [2.45, 2.75) is 65.3 Å². The molecule has 0 radical (unpaired) electrons. The van der Waals surface area contributed by atoms with Crippen LogP contribution < -0.4 is 0 Å². The molecule has 0 bridgehead atoms. The quantitative estimate of drug-likeness (QED) is 0.725. The molecule has 0 saturated carbocycles. The van der Waals surface area contributed by atoms with Crippen LogP contribution in [0.5, 0.6) is 0 Å². The molecular formula is C24H34N2O6. The molecule has 1 aromatic rings. The number of imide groups is 1. The van der Waals surface area contributed by atoms with Crippen molar-refractivity contribution in [1.29, 1.82) is 0 Å². The SMILES string of the molecule is [2H]C1([2H])C(C(C)(C)C)CN(C(=O)O)[C@]1([2H])[C@H](OC)[C@@H](C)C(=O)N1C(=O)O[C@@H](c2ccccc2)[C@H]1C. The average molecular weight is 450 g/mol. The lowest BCUT2D eigenvalue weighted by atomic mass is 9.78. The number of hydrogen-bond acceptors (Lipinski definition) is 5. The summed E-state index contributed by atoms with van der Waals surface area (Å²) in [5.74, 6) is -2.78. The molecule has 8 nitrogen and oxygen atoms in total. The number of cyclic esters (lactones) is 1. The Morgan fingerprint density at radius 1 is 1.31 bits per heavy atom. The normalized spacial score (nSPS) is 33.1. The maximum atomic E-state index is 13.6. The average Bonchev–Trinajstić information content (AvgIpc) is 3.18. The summed E-state index contributed by atoms with van der Waals surface area (Å²) in [7, 11) is 1.21. The Labute approximate surface area is 193 Å². The maximum absolute atomic E-state index is 13.6. The first-order chi connectivity index (χ1) is 16.1. The molecule has 0 aromatic heterocycles. The van der Waals surface area contributed by atoms with Crippen molar-refractivity contribution in [2.75, 3.05) is 13.7 Å². The number of nitrogens with zero attached hydrogens (tertiary/aromatic N) is 2. The second kappa shape index (κ2) is 9.10. The highest BCUT2D eigenvalue weighted by atomic mass is 16.6. The summed E-state index contributed by atoms with van der Waals surface area (Å²) in [5, 5.41) is 9.90. The molecule has 1 N–H and O–H groups in total. The van der Waals surface area contributed by atoms with Gasteiger partial charge in [0, 0.05) is 16.4 Å². The molecule has 0 spiro atoms. The molecule has 8 heteroatoms. The van der Waals surface area contributed by atoms with Gasteiger partial charge in [0.25, 0.3) is 0 Å². The predicted octanol–water partition coefficient (Wildman–Crippen LogP) is 4.16. The van der Waals surface area contributed by atoms with Crippen molar-refractivity contribution in [2.24, 2.45) is 17.3 Å². The Bertz CT molecular complexity index is 985. The number of benzene rings is 1. The van der Waals surface area contributed by atoms with E-state index in [1.165, 1.54) is 14.0 Å². The van der Waals surface area contributed by atoms with Crippen LogP contribution in [-0.4, -0.2) is 64.8 Å². The zero-order valence-electron chi connectivity index (χ0n) is 22.4. The summed E-state index contributed by atoms with van der Waals surface area (Å²) < 4.78 is 37.9. The Morgan fingerprint density at radius 3 is 2.47 bits per heavy atom. The monoisotopic (exact) mass is 449 g/mol. The number of hydrogen-bond donors (Lipinski definition) is 1. The first-order valence-corrected chi connectivity index (χ1v) is 10.7. The lowest BCUT2D eigenvalue weighted by molar-refractivity contribution is -0.139. The van der Waals surface area contributed by atoms with Crippen LogP contribution >= 0.6 is 0 Å². The summed E-state index contributed by atoms with van der Waals surface area (Å²) in [5.41, 5.74) is 0.0515. The van der Waals surface area contributed by atoms with Gasteiger partial charge in [-0.15, -0.1) is 0 Å². The molecule has 2 fully saturated rings. The summed E-state index contributed by atoms with van der Waals surface area (Å²) in [6.07, 6.45) is -6.87. The van der Waals surface area contributed by atoms with E-state index in [0.29, 0.717) is 5.56 Å². The van der Waals surface area contributed by atoms with Crippen LogP contribution in [0.15, 0.2) is 30.3 Å².